The molecule has 0 amide bonds. The lowest BCUT2D eigenvalue weighted by Crippen LogP contribution is -2.62. The Hall–Kier alpha value is -1.09. The first-order valence-corrected chi connectivity index (χ1v) is 9.06. The predicted molar refractivity (Wildman–Crippen MR) is 88.6 cm³/mol. The molecule has 3 nitrogen and oxygen atoms in total. The molecule has 4 aliphatic carbocycles. The van der Waals surface area contributed by atoms with Crippen molar-refractivity contribution in [2.45, 2.75) is 64.4 Å². The highest BCUT2D eigenvalue weighted by atomic mass is 16.5. The van der Waals surface area contributed by atoms with Crippen LogP contribution in [0.15, 0.2) is 23.5 Å². The summed E-state index contributed by atoms with van der Waals surface area (Å²) in [7, 11) is 1.73. The summed E-state index contributed by atoms with van der Waals surface area (Å²) >= 11 is 0. The highest BCUT2D eigenvalue weighted by Crippen LogP contribution is 2.65. The van der Waals surface area contributed by atoms with Crippen molar-refractivity contribution >= 4 is 5.78 Å². The number of carbonyl (C=O) groups is 1. The molecule has 1 N–H and O–H groups in total. The number of ketones is 1. The van der Waals surface area contributed by atoms with Gasteiger partial charge in [-0.3, -0.25) is 4.79 Å². The SMILES string of the molecule is COC1=CC2=CC[C@H]3[C@@H]4CCC(=O)[C@@]4(C)CC[C@]3(O)[C@@]2(C)CC1. The van der Waals surface area contributed by atoms with E-state index in [0.29, 0.717) is 18.1 Å². The van der Waals surface area contributed by atoms with E-state index in [1.165, 1.54) is 5.57 Å². The Balaban J connectivity index is 1.77. The lowest BCUT2D eigenvalue weighted by atomic mass is 9.46. The lowest BCUT2D eigenvalue weighted by Gasteiger charge is -2.60. The van der Waals surface area contributed by atoms with Crippen LogP contribution in [0.1, 0.15) is 58.8 Å². The van der Waals surface area contributed by atoms with Gasteiger partial charge < -0.3 is 9.84 Å². The fourth-order valence-electron chi connectivity index (χ4n) is 6.17. The number of Topliss-reactive ketones (excluding diaryl/α,β-unsaturated/α-hetero) is 1. The Morgan fingerprint density at radius 2 is 1.96 bits per heavy atom. The second kappa shape index (κ2) is 4.72. The molecule has 3 heteroatoms. The molecule has 0 aromatic rings. The molecule has 0 spiro atoms. The monoisotopic (exact) mass is 316 g/mol. The van der Waals surface area contributed by atoms with Crippen LogP contribution >= 0.6 is 0 Å². The number of methoxy groups -OCH3 is 1. The van der Waals surface area contributed by atoms with Crippen molar-refractivity contribution in [3.05, 3.63) is 23.5 Å². The minimum atomic E-state index is -0.679. The number of hydrogen-bond donors (Lipinski definition) is 1. The van der Waals surface area contributed by atoms with E-state index in [9.17, 15) is 9.90 Å². The largest absolute Gasteiger partial charge is 0.501 e. The van der Waals surface area contributed by atoms with Gasteiger partial charge in [-0.2, -0.15) is 0 Å². The summed E-state index contributed by atoms with van der Waals surface area (Å²) in [5.41, 5.74) is 0.167. The summed E-state index contributed by atoms with van der Waals surface area (Å²) in [5.74, 6) is 2.01. The maximum absolute atomic E-state index is 12.4. The second-order valence-electron chi connectivity index (χ2n) is 8.56. The van der Waals surface area contributed by atoms with E-state index >= 15 is 0 Å². The Bertz CT molecular complexity index is 618. The Morgan fingerprint density at radius 3 is 2.70 bits per heavy atom. The average Bonchev–Trinajstić information content (AvgIpc) is 2.83. The molecule has 126 valence electrons. The second-order valence-corrected chi connectivity index (χ2v) is 8.56. The molecule has 0 unspecified atom stereocenters. The smallest absolute Gasteiger partial charge is 0.139 e. The first-order chi connectivity index (χ1) is 10.8. The third-order valence-corrected chi connectivity index (χ3v) is 7.90. The molecular weight excluding hydrogens is 288 g/mol. The average molecular weight is 316 g/mol. The van der Waals surface area contributed by atoms with Crippen LogP contribution in [0.4, 0.5) is 0 Å². The molecule has 0 bridgehead atoms. The summed E-state index contributed by atoms with van der Waals surface area (Å²) in [6, 6.07) is 0. The summed E-state index contributed by atoms with van der Waals surface area (Å²) in [4.78, 5) is 12.4. The van der Waals surface area contributed by atoms with Gasteiger partial charge in [-0.25, -0.2) is 0 Å². The zero-order valence-electron chi connectivity index (χ0n) is 14.5. The van der Waals surface area contributed by atoms with E-state index in [1.807, 2.05) is 0 Å². The number of carbonyl (C=O) groups excluding carboxylic acids is 1. The standard InChI is InChI=1S/C20H28O3/c1-18-10-11-20(22)16(15(18)6-7-17(18)21)5-4-13-12-14(23-3)8-9-19(13,20)2/h4,12,15-16,22H,5-11H2,1-3H3/t15-,16-,18-,19-,20+/m0/s1. The van der Waals surface area contributed by atoms with Crippen molar-refractivity contribution in [3.63, 3.8) is 0 Å². The van der Waals surface area contributed by atoms with E-state index in [-0.39, 0.29) is 16.7 Å². The molecule has 5 atom stereocenters. The van der Waals surface area contributed by atoms with Gasteiger partial charge in [-0.15, -0.1) is 0 Å². The number of fused-ring (bicyclic) bond motifs is 5. The molecule has 0 saturated heterocycles. The van der Waals surface area contributed by atoms with Gasteiger partial charge in [0.15, 0.2) is 0 Å². The van der Waals surface area contributed by atoms with Gasteiger partial charge in [-0.1, -0.05) is 19.9 Å². The van der Waals surface area contributed by atoms with Gasteiger partial charge in [-0.05, 0) is 55.6 Å². The number of hydrogen-bond acceptors (Lipinski definition) is 3. The zero-order chi connectivity index (χ0) is 16.5. The fourth-order valence-corrected chi connectivity index (χ4v) is 6.17. The van der Waals surface area contributed by atoms with E-state index in [0.717, 1.165) is 44.3 Å². The first-order valence-electron chi connectivity index (χ1n) is 9.06. The van der Waals surface area contributed by atoms with Crippen LogP contribution in [0.3, 0.4) is 0 Å². The number of rotatable bonds is 1. The lowest BCUT2D eigenvalue weighted by molar-refractivity contribution is -0.178. The highest BCUT2D eigenvalue weighted by Gasteiger charge is 2.65. The van der Waals surface area contributed by atoms with E-state index in [2.05, 4.69) is 26.0 Å². The molecule has 0 aliphatic heterocycles. The van der Waals surface area contributed by atoms with Gasteiger partial charge in [0.2, 0.25) is 0 Å². The van der Waals surface area contributed by atoms with Crippen LogP contribution in [-0.4, -0.2) is 23.6 Å². The highest BCUT2D eigenvalue weighted by molar-refractivity contribution is 5.87. The fraction of sp³-hybridized carbons (Fsp3) is 0.750. The molecular formula is C20H28O3. The van der Waals surface area contributed by atoms with Crippen LogP contribution in [0.25, 0.3) is 0 Å². The third-order valence-electron chi connectivity index (χ3n) is 7.90. The number of ether oxygens (including phenoxy) is 1. The van der Waals surface area contributed by atoms with Gasteiger partial charge >= 0.3 is 0 Å². The first kappa shape index (κ1) is 15.4. The summed E-state index contributed by atoms with van der Waals surface area (Å²) < 4.78 is 5.45. The molecule has 2 fully saturated rings. The van der Waals surface area contributed by atoms with E-state index in [4.69, 9.17) is 4.74 Å². The molecule has 23 heavy (non-hydrogen) atoms. The van der Waals surface area contributed by atoms with Crippen molar-refractivity contribution in [3.8, 4) is 0 Å². The van der Waals surface area contributed by atoms with Crippen LogP contribution in [0.2, 0.25) is 0 Å². The van der Waals surface area contributed by atoms with Crippen molar-refractivity contribution in [2.75, 3.05) is 7.11 Å². The molecule has 0 aromatic carbocycles. The summed E-state index contributed by atoms with van der Waals surface area (Å²) in [6.45, 7) is 4.38. The van der Waals surface area contributed by atoms with Gasteiger partial charge in [0.1, 0.15) is 5.78 Å². The van der Waals surface area contributed by atoms with E-state index in [1.54, 1.807) is 7.11 Å². The van der Waals surface area contributed by atoms with Crippen LogP contribution < -0.4 is 0 Å². The molecule has 0 heterocycles. The number of allylic oxidation sites excluding steroid dienone is 3. The van der Waals surface area contributed by atoms with Crippen molar-refractivity contribution in [1.82, 2.24) is 0 Å². The van der Waals surface area contributed by atoms with Crippen LogP contribution in [-0.2, 0) is 9.53 Å². The van der Waals surface area contributed by atoms with E-state index < -0.39 is 5.60 Å². The van der Waals surface area contributed by atoms with Gasteiger partial charge in [0.05, 0.1) is 18.5 Å². The van der Waals surface area contributed by atoms with Crippen molar-refractivity contribution in [2.24, 2.45) is 22.7 Å². The molecule has 4 aliphatic rings. The normalized spacial score (nSPS) is 48.8. The van der Waals surface area contributed by atoms with Crippen LogP contribution in [0, 0.1) is 22.7 Å². The Kier molecular flexibility index (Phi) is 3.17. The van der Waals surface area contributed by atoms with Crippen molar-refractivity contribution < 1.29 is 14.6 Å². The van der Waals surface area contributed by atoms with Gasteiger partial charge in [0, 0.05) is 23.7 Å². The van der Waals surface area contributed by atoms with Crippen molar-refractivity contribution in [1.29, 1.82) is 0 Å². The van der Waals surface area contributed by atoms with Gasteiger partial charge in [0.25, 0.3) is 0 Å². The molecule has 4 rings (SSSR count). The van der Waals surface area contributed by atoms with Crippen LogP contribution in [0.5, 0.6) is 0 Å². The molecule has 0 radical (unpaired) electrons. The zero-order valence-corrected chi connectivity index (χ0v) is 14.5. The Morgan fingerprint density at radius 1 is 1.17 bits per heavy atom. The maximum Gasteiger partial charge on any atom is 0.139 e. The number of aliphatic hydroxyl groups is 1. The molecule has 0 aromatic heterocycles. The minimum absolute atomic E-state index is 0.194. The quantitative estimate of drug-likeness (QED) is 0.801. The minimum Gasteiger partial charge on any atom is -0.501 e. The summed E-state index contributed by atoms with van der Waals surface area (Å²) in [5, 5.41) is 11.8. The third kappa shape index (κ3) is 1.77. The molecule has 2 saturated carbocycles. The predicted octanol–water partition coefficient (Wildman–Crippen LogP) is 3.77. The Labute approximate surface area is 138 Å². The summed E-state index contributed by atoms with van der Waals surface area (Å²) in [6.07, 6.45) is 10.4. The maximum atomic E-state index is 12.4. The topological polar surface area (TPSA) is 46.5 Å².